The van der Waals surface area contributed by atoms with Gasteiger partial charge < -0.3 is 10.4 Å². The van der Waals surface area contributed by atoms with E-state index in [1.165, 1.54) is 0 Å². The highest BCUT2D eigenvalue weighted by atomic mass is 16.3. The van der Waals surface area contributed by atoms with Gasteiger partial charge in [-0.05, 0) is 40.3 Å². The van der Waals surface area contributed by atoms with Gasteiger partial charge in [-0.15, -0.1) is 0 Å². The summed E-state index contributed by atoms with van der Waals surface area (Å²) >= 11 is 0. The highest BCUT2D eigenvalue weighted by Gasteiger charge is 2.25. The second-order valence-electron chi connectivity index (χ2n) is 4.80. The minimum atomic E-state index is -0.170. The molecule has 1 unspecified atom stereocenters. The van der Waals surface area contributed by atoms with E-state index in [0.29, 0.717) is 6.04 Å². The van der Waals surface area contributed by atoms with E-state index in [2.05, 4.69) is 44.8 Å². The number of aliphatic hydroxyl groups is 1. The highest BCUT2D eigenvalue weighted by Crippen LogP contribution is 2.09. The normalized spacial score (nSPS) is 16.0. The summed E-state index contributed by atoms with van der Waals surface area (Å²) in [7, 11) is 0. The van der Waals surface area contributed by atoms with E-state index in [1.54, 1.807) is 0 Å². The third-order valence-electron chi connectivity index (χ3n) is 2.84. The van der Waals surface area contributed by atoms with Crippen molar-refractivity contribution in [3.63, 3.8) is 0 Å². The molecule has 0 spiro atoms. The van der Waals surface area contributed by atoms with Crippen molar-refractivity contribution in [3.8, 4) is 0 Å². The topological polar surface area (TPSA) is 35.5 Å². The van der Waals surface area contributed by atoms with E-state index in [4.69, 9.17) is 0 Å². The van der Waals surface area contributed by atoms with Crippen LogP contribution in [0.25, 0.3) is 0 Å². The molecule has 0 amide bonds. The second-order valence-corrected chi connectivity index (χ2v) is 4.80. The first-order valence-electron chi connectivity index (χ1n) is 6.09. The maximum Gasteiger partial charge on any atom is 0.0623 e. The molecule has 0 aliphatic rings. The van der Waals surface area contributed by atoms with Crippen LogP contribution < -0.4 is 5.32 Å². The minimum absolute atomic E-state index is 0.170. The second kappa shape index (κ2) is 7.20. The van der Waals surface area contributed by atoms with Gasteiger partial charge in [0.25, 0.3) is 0 Å². The summed E-state index contributed by atoms with van der Waals surface area (Å²) in [6, 6.07) is 0.532. The molecule has 3 heteroatoms. The molecule has 1 atom stereocenters. The Labute approximate surface area is 94.9 Å². The Morgan fingerprint density at radius 3 is 2.27 bits per heavy atom. The molecule has 0 aromatic rings. The Morgan fingerprint density at radius 2 is 1.93 bits per heavy atom. The molecule has 2 N–H and O–H groups in total. The molecule has 15 heavy (non-hydrogen) atoms. The molecule has 0 bridgehead atoms. The third-order valence-corrected chi connectivity index (χ3v) is 2.84. The Morgan fingerprint density at radius 1 is 1.33 bits per heavy atom. The van der Waals surface area contributed by atoms with Crippen LogP contribution in [0.4, 0.5) is 0 Å². The van der Waals surface area contributed by atoms with Crippen LogP contribution in [0.2, 0.25) is 0 Å². The van der Waals surface area contributed by atoms with Crippen LogP contribution in [0, 0.1) is 0 Å². The van der Waals surface area contributed by atoms with Gasteiger partial charge in [0.1, 0.15) is 0 Å². The molecule has 0 saturated heterocycles. The molecule has 92 valence electrons. The van der Waals surface area contributed by atoms with Gasteiger partial charge in [-0.25, -0.2) is 0 Å². The number of nitrogens with zero attached hydrogens (tertiary/aromatic N) is 1. The lowest BCUT2D eigenvalue weighted by Gasteiger charge is -2.36. The molecule has 0 aliphatic heterocycles. The maximum atomic E-state index is 9.45. The van der Waals surface area contributed by atoms with Crippen LogP contribution in [-0.4, -0.2) is 47.8 Å². The van der Waals surface area contributed by atoms with Crippen molar-refractivity contribution < 1.29 is 5.11 Å². The van der Waals surface area contributed by atoms with Gasteiger partial charge in [-0.1, -0.05) is 13.8 Å². The number of likely N-dealkylation sites (N-methyl/N-ethyl adjacent to an activating group) is 1. The summed E-state index contributed by atoms with van der Waals surface area (Å²) in [5.41, 5.74) is -0.170. The maximum absolute atomic E-state index is 9.45. The van der Waals surface area contributed by atoms with Gasteiger partial charge >= 0.3 is 0 Å². The lowest BCUT2D eigenvalue weighted by Crippen LogP contribution is -2.55. The monoisotopic (exact) mass is 216 g/mol. The van der Waals surface area contributed by atoms with Crippen LogP contribution >= 0.6 is 0 Å². The van der Waals surface area contributed by atoms with Crippen LogP contribution in [0.15, 0.2) is 0 Å². The van der Waals surface area contributed by atoms with Crippen LogP contribution in [0.3, 0.4) is 0 Å². The SMILES string of the molecule is CCCNC(C)(CO)CN(CC)C(C)C. The molecular formula is C12H28N2O. The quantitative estimate of drug-likeness (QED) is 0.645. The predicted molar refractivity (Wildman–Crippen MR) is 66.2 cm³/mol. The largest absolute Gasteiger partial charge is 0.394 e. The lowest BCUT2D eigenvalue weighted by atomic mass is 10.0. The van der Waals surface area contributed by atoms with Crippen LogP contribution in [0.1, 0.15) is 41.0 Å². The van der Waals surface area contributed by atoms with Crippen molar-refractivity contribution in [1.82, 2.24) is 10.2 Å². The molecule has 0 heterocycles. The van der Waals surface area contributed by atoms with E-state index >= 15 is 0 Å². The summed E-state index contributed by atoms with van der Waals surface area (Å²) in [6.07, 6.45) is 1.10. The fourth-order valence-corrected chi connectivity index (χ4v) is 1.70. The molecule has 0 radical (unpaired) electrons. The molecule has 0 fully saturated rings. The first-order chi connectivity index (χ1) is 6.99. The molecular weight excluding hydrogens is 188 g/mol. The molecule has 3 nitrogen and oxygen atoms in total. The molecule has 0 aromatic carbocycles. The number of hydrogen-bond donors (Lipinski definition) is 2. The zero-order chi connectivity index (χ0) is 11.9. The van der Waals surface area contributed by atoms with Gasteiger partial charge in [0.05, 0.1) is 12.1 Å². The van der Waals surface area contributed by atoms with Crippen LogP contribution in [-0.2, 0) is 0 Å². The zero-order valence-electron chi connectivity index (χ0n) is 11.0. The van der Waals surface area contributed by atoms with Crippen molar-refractivity contribution in [1.29, 1.82) is 0 Å². The standard InChI is InChI=1S/C12H28N2O/c1-6-8-13-12(5,10-15)9-14(7-2)11(3)4/h11,13,15H,6-10H2,1-5H3. The Hall–Kier alpha value is -0.120. The van der Waals surface area contributed by atoms with Crippen molar-refractivity contribution in [2.75, 3.05) is 26.2 Å². The zero-order valence-corrected chi connectivity index (χ0v) is 11.0. The Kier molecular flexibility index (Phi) is 7.14. The lowest BCUT2D eigenvalue weighted by molar-refractivity contribution is 0.107. The summed E-state index contributed by atoms with van der Waals surface area (Å²) in [4.78, 5) is 2.37. The van der Waals surface area contributed by atoms with Gasteiger partial charge in [0.2, 0.25) is 0 Å². The fourth-order valence-electron chi connectivity index (χ4n) is 1.70. The van der Waals surface area contributed by atoms with Crippen LogP contribution in [0.5, 0.6) is 0 Å². The molecule has 0 aliphatic carbocycles. The van der Waals surface area contributed by atoms with Crippen molar-refractivity contribution in [3.05, 3.63) is 0 Å². The van der Waals surface area contributed by atoms with Gasteiger partial charge in [-0.2, -0.15) is 0 Å². The summed E-state index contributed by atoms with van der Waals surface area (Å²) in [5.74, 6) is 0. The summed E-state index contributed by atoms with van der Waals surface area (Å²) < 4.78 is 0. The van der Waals surface area contributed by atoms with Gasteiger partial charge in [0.15, 0.2) is 0 Å². The molecule has 0 rings (SSSR count). The Bertz CT molecular complexity index is 162. The molecule has 0 saturated carbocycles. The molecule has 0 aromatic heterocycles. The third kappa shape index (κ3) is 5.50. The van der Waals surface area contributed by atoms with Crippen molar-refractivity contribution in [2.24, 2.45) is 0 Å². The van der Waals surface area contributed by atoms with E-state index in [1.807, 2.05) is 0 Å². The average molecular weight is 216 g/mol. The van der Waals surface area contributed by atoms with E-state index in [9.17, 15) is 5.11 Å². The smallest absolute Gasteiger partial charge is 0.0623 e. The summed E-state index contributed by atoms with van der Waals surface area (Å²) in [5, 5.41) is 12.9. The van der Waals surface area contributed by atoms with Crippen molar-refractivity contribution in [2.45, 2.75) is 52.6 Å². The predicted octanol–water partition coefficient (Wildman–Crippen LogP) is 1.47. The van der Waals surface area contributed by atoms with Crippen molar-refractivity contribution >= 4 is 0 Å². The first-order valence-corrected chi connectivity index (χ1v) is 6.09. The van der Waals surface area contributed by atoms with Gasteiger partial charge in [-0.3, -0.25) is 4.90 Å². The number of nitrogens with one attached hydrogen (secondary N) is 1. The van der Waals surface area contributed by atoms with Gasteiger partial charge in [0, 0.05) is 12.6 Å². The first kappa shape index (κ1) is 14.9. The number of hydrogen-bond acceptors (Lipinski definition) is 3. The highest BCUT2D eigenvalue weighted by molar-refractivity contribution is 4.86. The minimum Gasteiger partial charge on any atom is -0.394 e. The van der Waals surface area contributed by atoms with E-state index < -0.39 is 0 Å². The Balaban J connectivity index is 4.26. The fraction of sp³-hybridized carbons (Fsp3) is 1.00. The number of aliphatic hydroxyl groups excluding tert-OH is 1. The van der Waals surface area contributed by atoms with E-state index in [-0.39, 0.29) is 12.1 Å². The van der Waals surface area contributed by atoms with E-state index in [0.717, 1.165) is 26.1 Å². The number of rotatable bonds is 8. The summed E-state index contributed by atoms with van der Waals surface area (Å²) in [6.45, 7) is 13.9. The average Bonchev–Trinajstić information content (AvgIpc) is 2.22.